The first-order valence-corrected chi connectivity index (χ1v) is 16.0. The zero-order chi connectivity index (χ0) is 35.6. The average Bonchev–Trinajstić information content (AvgIpc) is 3.50. The second-order valence-corrected chi connectivity index (χ2v) is 12.1. The molecule has 2 aliphatic heterocycles. The minimum Gasteiger partial charge on any atom is -0.381 e. The summed E-state index contributed by atoms with van der Waals surface area (Å²) in [5.41, 5.74) is -0.951. The van der Waals surface area contributed by atoms with Gasteiger partial charge in [0.15, 0.2) is 0 Å². The van der Waals surface area contributed by atoms with Crippen LogP contribution in [0.15, 0.2) is 78.9 Å². The van der Waals surface area contributed by atoms with Crippen molar-refractivity contribution < 1.29 is 36.7 Å². The van der Waals surface area contributed by atoms with E-state index in [2.05, 4.69) is 16.7 Å². The van der Waals surface area contributed by atoms with E-state index in [9.17, 15) is 37.2 Å². The van der Waals surface area contributed by atoms with Crippen LogP contribution in [0.5, 0.6) is 0 Å². The van der Waals surface area contributed by atoms with Crippen molar-refractivity contribution in [3.05, 3.63) is 113 Å². The van der Waals surface area contributed by atoms with Crippen LogP contribution in [-0.2, 0) is 27.0 Å². The number of anilines is 1. The van der Waals surface area contributed by atoms with Crippen LogP contribution in [0.25, 0.3) is 5.69 Å². The Labute approximate surface area is 284 Å². The molecule has 0 radical (unpaired) electrons. The number of nitrogens with zero attached hydrogens (tertiary/aromatic N) is 4. The predicted octanol–water partition coefficient (Wildman–Crippen LogP) is 5.26. The van der Waals surface area contributed by atoms with Crippen LogP contribution in [0.4, 0.5) is 23.4 Å². The topological polar surface area (TPSA) is 129 Å². The first-order valence-electron chi connectivity index (χ1n) is 16.0. The highest BCUT2D eigenvalue weighted by Gasteiger charge is 2.47. The summed E-state index contributed by atoms with van der Waals surface area (Å²) in [5.74, 6) is -3.25. The number of rotatable bonds is 8. The van der Waals surface area contributed by atoms with Crippen molar-refractivity contribution in [2.24, 2.45) is 5.41 Å². The number of likely N-dealkylation sites (N-methyl/N-ethyl adjacent to an activating group) is 1. The summed E-state index contributed by atoms with van der Waals surface area (Å²) in [7, 11) is 0. The molecule has 14 heteroatoms. The van der Waals surface area contributed by atoms with Gasteiger partial charge in [0.1, 0.15) is 23.1 Å². The third-order valence-corrected chi connectivity index (χ3v) is 9.10. The molecule has 1 saturated heterocycles. The number of hydrogen-bond acceptors (Lipinski definition) is 6. The molecule has 10 nitrogen and oxygen atoms in total. The lowest BCUT2D eigenvalue weighted by Crippen LogP contribution is -2.55. The Morgan fingerprint density at radius 3 is 2.38 bits per heavy atom. The van der Waals surface area contributed by atoms with Crippen LogP contribution in [0.1, 0.15) is 58.4 Å². The maximum Gasteiger partial charge on any atom is 0.416 e. The van der Waals surface area contributed by atoms with Gasteiger partial charge < -0.3 is 15.4 Å². The first kappa shape index (κ1) is 34.3. The molecule has 2 N–H and O–H groups in total. The summed E-state index contributed by atoms with van der Waals surface area (Å²) in [6.07, 6.45) is -4.31. The number of nitriles is 1. The number of fused-ring (bicyclic) bond motifs is 1. The van der Waals surface area contributed by atoms with Crippen LogP contribution >= 0.6 is 0 Å². The first-order chi connectivity index (χ1) is 24.0. The predicted molar refractivity (Wildman–Crippen MR) is 172 cm³/mol. The molecule has 0 unspecified atom stereocenters. The van der Waals surface area contributed by atoms with E-state index in [1.807, 2.05) is 0 Å². The molecule has 3 heterocycles. The average molecular weight is 689 g/mol. The van der Waals surface area contributed by atoms with E-state index in [0.717, 1.165) is 12.1 Å². The summed E-state index contributed by atoms with van der Waals surface area (Å²) in [6.45, 7) is 2.14. The third kappa shape index (κ3) is 6.44. The summed E-state index contributed by atoms with van der Waals surface area (Å²) < 4.78 is 61.7. The van der Waals surface area contributed by atoms with E-state index in [1.54, 1.807) is 41.9 Å². The van der Waals surface area contributed by atoms with Gasteiger partial charge in [-0.1, -0.05) is 36.4 Å². The number of nitrogens with one attached hydrogen (secondary N) is 2. The molecule has 1 fully saturated rings. The molecular formula is C36H32F4N6O4. The highest BCUT2D eigenvalue weighted by molar-refractivity contribution is 6.05. The van der Waals surface area contributed by atoms with Crippen LogP contribution in [0.3, 0.4) is 0 Å². The van der Waals surface area contributed by atoms with Crippen LogP contribution < -0.4 is 15.5 Å². The van der Waals surface area contributed by atoms with Crippen molar-refractivity contribution in [1.29, 1.82) is 5.26 Å². The standard InChI is InChI=1S/C36H32F4N6O4/c1-2-45-32-29(27(44-46(32)26-9-4-3-5-10-26)20-42-34(49)35(21-41)15-17-50-18-16-35)28(22-11-13-25(37)14-12-22)30(33(45)48)43-31(47)23-7-6-8-24(19-23)36(38,39)40/h3-14,19,28,30H,2,15-18,20H2,1H3,(H,42,49)(H,43,47)/t28-,30-/m1/s1. The summed E-state index contributed by atoms with van der Waals surface area (Å²) in [4.78, 5) is 43.0. The molecule has 1 aromatic heterocycles. The van der Waals surface area contributed by atoms with Gasteiger partial charge in [-0.05, 0) is 67.8 Å². The molecule has 0 saturated carbocycles. The summed E-state index contributed by atoms with van der Waals surface area (Å²) >= 11 is 0. The highest BCUT2D eigenvalue weighted by Crippen LogP contribution is 2.44. The van der Waals surface area contributed by atoms with Gasteiger partial charge in [-0.15, -0.1) is 0 Å². The van der Waals surface area contributed by atoms with Crippen molar-refractivity contribution >= 4 is 23.5 Å². The summed E-state index contributed by atoms with van der Waals surface area (Å²) in [5, 5.41) is 20.3. The van der Waals surface area contributed by atoms with Crippen molar-refractivity contribution in [3.63, 3.8) is 0 Å². The number of halogens is 4. The molecular weight excluding hydrogens is 656 g/mol. The van der Waals surface area contributed by atoms with Crippen LogP contribution in [0.2, 0.25) is 0 Å². The van der Waals surface area contributed by atoms with Gasteiger partial charge in [0.25, 0.3) is 11.8 Å². The molecule has 0 aliphatic carbocycles. The number of hydrogen-bond donors (Lipinski definition) is 2. The minimum atomic E-state index is -4.71. The quantitative estimate of drug-likeness (QED) is 0.243. The number of ether oxygens (including phenoxy) is 1. The van der Waals surface area contributed by atoms with E-state index in [-0.39, 0.29) is 44.7 Å². The van der Waals surface area contributed by atoms with Gasteiger partial charge in [0, 0.05) is 36.8 Å². The van der Waals surface area contributed by atoms with E-state index in [1.165, 1.54) is 35.2 Å². The number of benzene rings is 3. The zero-order valence-electron chi connectivity index (χ0n) is 26.8. The maximum absolute atomic E-state index is 14.4. The van der Waals surface area contributed by atoms with Crippen LogP contribution in [-0.4, -0.2) is 53.3 Å². The molecule has 258 valence electrons. The Bertz CT molecular complexity index is 1950. The Morgan fingerprint density at radius 1 is 1.04 bits per heavy atom. The smallest absolute Gasteiger partial charge is 0.381 e. The molecule has 6 rings (SSSR count). The van der Waals surface area contributed by atoms with Crippen molar-refractivity contribution in [1.82, 2.24) is 20.4 Å². The number of amides is 3. The van der Waals surface area contributed by atoms with E-state index >= 15 is 0 Å². The SMILES string of the molecule is CCN1C(=O)[C@H](NC(=O)c2cccc(C(F)(F)F)c2)[C@H](c2ccc(F)cc2)c2c(CNC(=O)C3(C#N)CCOCC3)nn(-c3ccccc3)c21. The Morgan fingerprint density at radius 2 is 1.74 bits per heavy atom. The number of aromatic nitrogens is 2. The Balaban J connectivity index is 1.49. The maximum atomic E-state index is 14.4. The van der Waals surface area contributed by atoms with E-state index in [0.29, 0.717) is 34.4 Å². The molecule has 2 aliphatic rings. The second-order valence-electron chi connectivity index (χ2n) is 12.1. The van der Waals surface area contributed by atoms with Gasteiger partial charge in [-0.2, -0.15) is 23.5 Å². The lowest BCUT2D eigenvalue weighted by molar-refractivity contribution is -0.137. The normalized spacial score (nSPS) is 18.6. The van der Waals surface area contributed by atoms with Crippen molar-refractivity contribution in [3.8, 4) is 11.8 Å². The van der Waals surface area contributed by atoms with Gasteiger partial charge in [0.2, 0.25) is 5.91 Å². The van der Waals surface area contributed by atoms with Gasteiger partial charge in [0.05, 0.1) is 29.6 Å². The largest absolute Gasteiger partial charge is 0.416 e. The fraction of sp³-hybridized carbons (Fsp3) is 0.306. The van der Waals surface area contributed by atoms with Crippen molar-refractivity contribution in [2.45, 2.75) is 44.4 Å². The molecule has 2 atom stereocenters. The van der Waals surface area contributed by atoms with Crippen molar-refractivity contribution in [2.75, 3.05) is 24.7 Å². The zero-order valence-corrected chi connectivity index (χ0v) is 26.8. The minimum absolute atomic E-state index is 0.111. The Kier molecular flexibility index (Phi) is 9.44. The van der Waals surface area contributed by atoms with E-state index in [4.69, 9.17) is 9.84 Å². The third-order valence-electron chi connectivity index (χ3n) is 9.10. The fourth-order valence-corrected chi connectivity index (χ4v) is 6.49. The molecule has 3 aromatic carbocycles. The van der Waals surface area contributed by atoms with Gasteiger partial charge >= 0.3 is 6.18 Å². The van der Waals surface area contributed by atoms with Gasteiger partial charge in [-0.25, -0.2) is 9.07 Å². The second kappa shape index (κ2) is 13.8. The van der Waals surface area contributed by atoms with Crippen LogP contribution in [0, 0.1) is 22.6 Å². The fourth-order valence-electron chi connectivity index (χ4n) is 6.49. The highest BCUT2D eigenvalue weighted by atomic mass is 19.4. The molecule has 4 aromatic rings. The number of para-hydroxylation sites is 1. The molecule has 3 amide bonds. The number of carbonyl (C=O) groups excluding carboxylic acids is 3. The molecule has 0 spiro atoms. The lowest BCUT2D eigenvalue weighted by atomic mass is 9.80. The lowest BCUT2D eigenvalue weighted by Gasteiger charge is -2.38. The number of alkyl halides is 3. The van der Waals surface area contributed by atoms with E-state index < -0.39 is 52.7 Å². The Hall–Kier alpha value is -5.55. The summed E-state index contributed by atoms with van der Waals surface area (Å²) in [6, 6.07) is 18.8. The number of carbonyl (C=O) groups is 3. The van der Waals surface area contributed by atoms with Gasteiger partial charge in [-0.3, -0.25) is 19.3 Å². The molecule has 0 bridgehead atoms. The monoisotopic (exact) mass is 688 g/mol. The molecule has 50 heavy (non-hydrogen) atoms.